The van der Waals surface area contributed by atoms with Gasteiger partial charge < -0.3 is 5.32 Å². The first-order valence-corrected chi connectivity index (χ1v) is 10.4. The van der Waals surface area contributed by atoms with E-state index >= 15 is 0 Å². The monoisotopic (exact) mass is 398 g/mol. The zero-order valence-electron chi connectivity index (χ0n) is 16.4. The minimum Gasteiger partial charge on any atom is -0.387 e. The topological polar surface area (TPSA) is 24.9 Å². The van der Waals surface area contributed by atoms with Gasteiger partial charge in [-0.1, -0.05) is 74.5 Å². The first-order valence-electron chi connectivity index (χ1n) is 9.18. The lowest BCUT2D eigenvalue weighted by Gasteiger charge is -2.08. The Morgan fingerprint density at radius 3 is 2.33 bits per heavy atom. The van der Waals surface area contributed by atoms with Gasteiger partial charge in [-0.25, -0.2) is 4.98 Å². The number of benzene rings is 2. The first-order chi connectivity index (χ1) is 13.0. The standard InChI is InChI=1S/C12H11ClN2S.C11H16/c1-14-10-6-5-9(13)8-11(10)16-12-4-2-3-7-15-12;1-4-10-5-7-11(8-6-10)9(2)3/h2-8,14H,1H3;5-9H,4H2,1-3H3. The predicted molar refractivity (Wildman–Crippen MR) is 119 cm³/mol. The van der Waals surface area contributed by atoms with Crippen molar-refractivity contribution in [2.75, 3.05) is 12.4 Å². The van der Waals surface area contributed by atoms with Gasteiger partial charge in [0.2, 0.25) is 0 Å². The number of rotatable bonds is 5. The second-order valence-electron chi connectivity index (χ2n) is 6.41. The molecule has 1 aromatic heterocycles. The largest absolute Gasteiger partial charge is 0.387 e. The Kier molecular flexibility index (Phi) is 8.70. The van der Waals surface area contributed by atoms with Gasteiger partial charge in [-0.05, 0) is 53.8 Å². The Bertz CT molecular complexity index is 818. The molecule has 0 aliphatic carbocycles. The van der Waals surface area contributed by atoms with E-state index in [1.165, 1.54) is 11.1 Å². The van der Waals surface area contributed by atoms with Gasteiger partial charge in [0.25, 0.3) is 0 Å². The third kappa shape index (κ3) is 6.93. The zero-order chi connectivity index (χ0) is 19.6. The van der Waals surface area contributed by atoms with Gasteiger partial charge >= 0.3 is 0 Å². The molecule has 4 heteroatoms. The van der Waals surface area contributed by atoms with Crippen molar-refractivity contribution >= 4 is 29.1 Å². The van der Waals surface area contributed by atoms with Crippen molar-refractivity contribution in [2.45, 2.75) is 43.0 Å². The minimum absolute atomic E-state index is 0.654. The number of hydrogen-bond donors (Lipinski definition) is 1. The van der Waals surface area contributed by atoms with Crippen LogP contribution in [0.5, 0.6) is 0 Å². The highest BCUT2D eigenvalue weighted by atomic mass is 35.5. The molecular weight excluding hydrogens is 372 g/mol. The van der Waals surface area contributed by atoms with Crippen LogP contribution in [0.15, 0.2) is 76.8 Å². The molecule has 0 saturated carbocycles. The zero-order valence-corrected chi connectivity index (χ0v) is 17.9. The molecule has 0 aliphatic rings. The van der Waals surface area contributed by atoms with Gasteiger partial charge in [-0.3, -0.25) is 0 Å². The highest BCUT2D eigenvalue weighted by molar-refractivity contribution is 7.99. The molecule has 0 bridgehead atoms. The Labute approximate surface area is 172 Å². The average Bonchev–Trinajstić information content (AvgIpc) is 2.69. The highest BCUT2D eigenvalue weighted by Gasteiger charge is 2.04. The Morgan fingerprint density at radius 1 is 1.04 bits per heavy atom. The first kappa shape index (κ1) is 21.3. The fraction of sp³-hybridized carbons (Fsp3) is 0.261. The van der Waals surface area contributed by atoms with E-state index in [-0.39, 0.29) is 0 Å². The molecule has 1 N–H and O–H groups in total. The van der Waals surface area contributed by atoms with Gasteiger partial charge in [-0.15, -0.1) is 0 Å². The van der Waals surface area contributed by atoms with E-state index in [0.717, 1.165) is 27.1 Å². The molecule has 2 aromatic carbocycles. The van der Waals surface area contributed by atoms with Gasteiger partial charge in [0, 0.05) is 28.9 Å². The number of anilines is 1. The fourth-order valence-electron chi connectivity index (χ4n) is 2.45. The van der Waals surface area contributed by atoms with Crippen molar-refractivity contribution in [3.8, 4) is 0 Å². The van der Waals surface area contributed by atoms with E-state index in [4.69, 9.17) is 11.6 Å². The minimum atomic E-state index is 0.654. The molecular formula is C23H27ClN2S. The van der Waals surface area contributed by atoms with Crippen molar-refractivity contribution in [1.29, 1.82) is 0 Å². The molecule has 1 heterocycles. The second-order valence-corrected chi connectivity index (χ2v) is 7.91. The van der Waals surface area contributed by atoms with Crippen LogP contribution in [0.4, 0.5) is 5.69 Å². The van der Waals surface area contributed by atoms with Gasteiger partial charge in [0.1, 0.15) is 5.03 Å². The van der Waals surface area contributed by atoms with Gasteiger partial charge in [-0.2, -0.15) is 0 Å². The van der Waals surface area contributed by atoms with Gasteiger partial charge in [0.15, 0.2) is 0 Å². The molecule has 0 aliphatic heterocycles. The van der Waals surface area contributed by atoms with Crippen molar-refractivity contribution in [1.82, 2.24) is 4.98 Å². The van der Waals surface area contributed by atoms with Gasteiger partial charge in [0.05, 0.1) is 0 Å². The van der Waals surface area contributed by atoms with E-state index in [1.807, 2.05) is 43.4 Å². The molecule has 0 amide bonds. The molecule has 0 unspecified atom stereocenters. The summed E-state index contributed by atoms with van der Waals surface area (Å²) < 4.78 is 0. The smallest absolute Gasteiger partial charge is 0.101 e. The lowest BCUT2D eigenvalue weighted by atomic mass is 10.0. The summed E-state index contributed by atoms with van der Waals surface area (Å²) in [7, 11) is 1.89. The van der Waals surface area contributed by atoms with Crippen LogP contribution in [0.1, 0.15) is 37.8 Å². The van der Waals surface area contributed by atoms with Crippen LogP contribution in [0.25, 0.3) is 0 Å². The maximum Gasteiger partial charge on any atom is 0.101 e. The molecule has 2 nitrogen and oxygen atoms in total. The number of aryl methyl sites for hydroxylation is 1. The van der Waals surface area contributed by atoms with Crippen LogP contribution >= 0.6 is 23.4 Å². The summed E-state index contributed by atoms with van der Waals surface area (Å²) >= 11 is 7.57. The predicted octanol–water partition coefficient (Wildman–Crippen LogP) is 7.30. The summed E-state index contributed by atoms with van der Waals surface area (Å²) in [6, 6.07) is 20.5. The molecule has 27 heavy (non-hydrogen) atoms. The van der Waals surface area contributed by atoms with Crippen LogP contribution < -0.4 is 5.32 Å². The number of aromatic nitrogens is 1. The second kappa shape index (κ2) is 11.0. The van der Waals surface area contributed by atoms with E-state index in [9.17, 15) is 0 Å². The number of halogens is 1. The van der Waals surface area contributed by atoms with Crippen molar-refractivity contribution < 1.29 is 0 Å². The maximum atomic E-state index is 5.98. The molecule has 0 saturated heterocycles. The molecule has 0 spiro atoms. The number of hydrogen-bond acceptors (Lipinski definition) is 3. The summed E-state index contributed by atoms with van der Waals surface area (Å²) in [4.78, 5) is 5.35. The van der Waals surface area contributed by atoms with Crippen molar-refractivity contribution in [3.63, 3.8) is 0 Å². The fourth-order valence-corrected chi connectivity index (χ4v) is 3.63. The average molecular weight is 399 g/mol. The van der Waals surface area contributed by atoms with Crippen LogP contribution in [0, 0.1) is 0 Å². The Hall–Kier alpha value is -1.97. The summed E-state index contributed by atoms with van der Waals surface area (Å²) in [5.41, 5.74) is 3.91. The third-order valence-electron chi connectivity index (χ3n) is 4.12. The number of pyridine rings is 1. The van der Waals surface area contributed by atoms with Crippen LogP contribution in [-0.2, 0) is 6.42 Å². The number of nitrogens with one attached hydrogen (secondary N) is 1. The van der Waals surface area contributed by atoms with Crippen LogP contribution in [-0.4, -0.2) is 12.0 Å². The van der Waals surface area contributed by atoms with Crippen LogP contribution in [0.3, 0.4) is 0 Å². The summed E-state index contributed by atoms with van der Waals surface area (Å²) in [6.45, 7) is 6.63. The van der Waals surface area contributed by atoms with E-state index in [2.05, 4.69) is 55.3 Å². The highest BCUT2D eigenvalue weighted by Crippen LogP contribution is 2.33. The third-order valence-corrected chi connectivity index (χ3v) is 5.36. The van der Waals surface area contributed by atoms with Crippen molar-refractivity contribution in [2.24, 2.45) is 0 Å². The molecule has 0 fully saturated rings. The maximum absolute atomic E-state index is 5.98. The Morgan fingerprint density at radius 2 is 1.78 bits per heavy atom. The Balaban J connectivity index is 0.000000208. The van der Waals surface area contributed by atoms with Crippen LogP contribution in [0.2, 0.25) is 5.02 Å². The molecule has 0 radical (unpaired) electrons. The molecule has 3 rings (SSSR count). The molecule has 0 atom stereocenters. The van der Waals surface area contributed by atoms with Crippen molar-refractivity contribution in [3.05, 3.63) is 83.0 Å². The lowest BCUT2D eigenvalue weighted by Crippen LogP contribution is -1.90. The van der Waals surface area contributed by atoms with E-state index in [1.54, 1.807) is 18.0 Å². The SMILES string of the molecule is CCc1ccc(C(C)C)cc1.CNc1ccc(Cl)cc1Sc1ccccn1. The summed E-state index contributed by atoms with van der Waals surface area (Å²) in [6.07, 6.45) is 2.92. The molecule has 142 valence electrons. The number of nitrogens with zero attached hydrogens (tertiary/aromatic N) is 1. The quantitative estimate of drug-likeness (QED) is 0.488. The molecule has 3 aromatic rings. The normalized spacial score (nSPS) is 10.3. The summed E-state index contributed by atoms with van der Waals surface area (Å²) in [5.74, 6) is 0.654. The summed E-state index contributed by atoms with van der Waals surface area (Å²) in [5, 5.41) is 4.83. The lowest BCUT2D eigenvalue weighted by molar-refractivity contribution is 0.865. The van der Waals surface area contributed by atoms with E-state index in [0.29, 0.717) is 5.92 Å². The van der Waals surface area contributed by atoms with E-state index < -0.39 is 0 Å².